The van der Waals surface area contributed by atoms with Gasteiger partial charge in [0.2, 0.25) is 0 Å². The molecule has 0 saturated heterocycles. The molecule has 4 heteroatoms. The van der Waals surface area contributed by atoms with Crippen LogP contribution in [-0.2, 0) is 37.9 Å². The molecule has 4 aliphatic carbocycles. The molecule has 0 radical (unpaired) electrons. The van der Waals surface area contributed by atoms with Gasteiger partial charge in [0.05, 0.1) is 11.3 Å². The van der Waals surface area contributed by atoms with Gasteiger partial charge < -0.3 is 14.2 Å². The van der Waals surface area contributed by atoms with Crippen molar-refractivity contribution in [3.8, 4) is 0 Å². The molecule has 392 valence electrons. The highest BCUT2D eigenvalue weighted by Crippen LogP contribution is 2.57. The Morgan fingerprint density at radius 3 is 1.31 bits per heavy atom. The molecule has 0 N–H and O–H groups in total. The van der Waals surface area contributed by atoms with Crippen LogP contribution in [0.25, 0.3) is 6.08 Å². The molecule has 0 amide bonds. The molecule has 11 rings (SSSR count). The van der Waals surface area contributed by atoms with Crippen LogP contribution >= 0.6 is 0 Å². The summed E-state index contributed by atoms with van der Waals surface area (Å²) >= 11 is 0. The summed E-state index contributed by atoms with van der Waals surface area (Å²) in [6, 6.07) is 21.1. The van der Waals surface area contributed by atoms with Crippen LogP contribution in [0, 0.1) is 31.6 Å². The van der Waals surface area contributed by atoms with Crippen LogP contribution in [0.15, 0.2) is 58.5 Å². The second kappa shape index (κ2) is 15.8. The lowest BCUT2D eigenvalue weighted by atomic mass is 9.35. The summed E-state index contributed by atoms with van der Waals surface area (Å²) in [5.41, 5.74) is 28.0. The van der Waals surface area contributed by atoms with Crippen molar-refractivity contribution in [1.82, 2.24) is 0 Å². The SMILES string of the molecule is Cc1cc2c(cc1N1c3cc4c(cc3B3c5oc(/C=C6\CC(C)(C)CCC6(C)C)c(C)c5N(c5cc6c(cc5C)C(C)(C)CCC6(C)C)c5cc(C(C)(C)C)cc1c53)C(C)(C)CCC4(C)C)C(C)(C)CCC2(C)C. The Bertz CT molecular complexity index is 3240. The molecular weight excluding hydrogens is 896 g/mol. The summed E-state index contributed by atoms with van der Waals surface area (Å²) < 4.78 is 7.87. The van der Waals surface area contributed by atoms with E-state index in [2.05, 4.69) is 217 Å². The molecule has 3 heterocycles. The van der Waals surface area contributed by atoms with E-state index in [1.165, 1.54) is 158 Å². The lowest BCUT2D eigenvalue weighted by Gasteiger charge is -2.48. The largest absolute Gasteiger partial charge is 0.468 e. The standard InChI is InChI=1S/C70H93BN2O/c1-41-31-46-49(68(17,18)28-25-65(46,11)12)37-53(41)72-55-39-51-48(67(15,16)27-30-70(51,21)22)36-52(55)71-59-56(72)33-44(62(4,5)6)34-57(59)73(54-38-50-47(32-42(54)2)66(13,14)26-29-69(50,19)20)60-43(3)58(74-61(60)71)35-45-40-63(7,8)23-24-64(45,9)10/h31-39H,23-30,40H2,1-22H3/b45-35+. The molecule has 6 aliphatic rings. The van der Waals surface area contributed by atoms with Crippen molar-refractivity contribution >= 4 is 63.5 Å². The molecular formula is C70H93BN2O. The van der Waals surface area contributed by atoms with E-state index < -0.39 is 0 Å². The van der Waals surface area contributed by atoms with Gasteiger partial charge in [0.1, 0.15) is 5.76 Å². The Hall–Kier alpha value is -4.44. The summed E-state index contributed by atoms with van der Waals surface area (Å²) in [6.45, 7) is 54.1. The van der Waals surface area contributed by atoms with Crippen molar-refractivity contribution in [1.29, 1.82) is 0 Å². The van der Waals surface area contributed by atoms with Gasteiger partial charge in [0.25, 0.3) is 6.71 Å². The Balaban J connectivity index is 1.30. The van der Waals surface area contributed by atoms with Crippen molar-refractivity contribution in [2.75, 3.05) is 9.80 Å². The number of aryl methyl sites for hydroxylation is 2. The van der Waals surface area contributed by atoms with Gasteiger partial charge in [-0.1, -0.05) is 155 Å². The minimum atomic E-state index is -0.130. The van der Waals surface area contributed by atoms with E-state index in [0.29, 0.717) is 0 Å². The third-order valence-electron chi connectivity index (χ3n) is 21.1. The molecule has 1 saturated carbocycles. The van der Waals surface area contributed by atoms with Crippen molar-refractivity contribution in [2.24, 2.45) is 10.8 Å². The first-order valence-electron chi connectivity index (χ1n) is 29.1. The van der Waals surface area contributed by atoms with E-state index in [-0.39, 0.29) is 55.4 Å². The van der Waals surface area contributed by atoms with Crippen LogP contribution in [0.5, 0.6) is 0 Å². The summed E-state index contributed by atoms with van der Waals surface area (Å²) in [6.07, 6.45) is 13.1. The second-order valence-electron chi connectivity index (χ2n) is 31.6. The number of allylic oxidation sites excluding steroid dienone is 1. The number of rotatable bonds is 3. The normalized spacial score (nSPS) is 23.3. The van der Waals surface area contributed by atoms with Crippen molar-refractivity contribution in [2.45, 2.75) is 248 Å². The zero-order valence-electron chi connectivity index (χ0n) is 50.4. The lowest BCUT2D eigenvalue weighted by Crippen LogP contribution is -2.61. The van der Waals surface area contributed by atoms with Crippen molar-refractivity contribution in [3.05, 3.63) is 115 Å². The number of nitrogens with zero attached hydrogens (tertiary/aromatic N) is 2. The van der Waals surface area contributed by atoms with Crippen LogP contribution < -0.4 is 26.4 Å². The number of benzene rings is 4. The lowest BCUT2D eigenvalue weighted by molar-refractivity contribution is 0.201. The van der Waals surface area contributed by atoms with Crippen molar-refractivity contribution in [3.63, 3.8) is 0 Å². The predicted molar refractivity (Wildman–Crippen MR) is 321 cm³/mol. The molecule has 74 heavy (non-hydrogen) atoms. The Labute approximate surface area is 449 Å². The summed E-state index contributed by atoms with van der Waals surface area (Å²) in [5, 5.41) is 0. The van der Waals surface area contributed by atoms with Crippen LogP contribution in [0.2, 0.25) is 0 Å². The maximum Gasteiger partial charge on any atom is 0.297 e. The fraction of sp³-hybridized carbons (Fsp3) is 0.571. The number of fused-ring (bicyclic) bond motifs is 7. The van der Waals surface area contributed by atoms with Crippen LogP contribution in [0.3, 0.4) is 0 Å². The van der Waals surface area contributed by atoms with Crippen LogP contribution in [-0.4, -0.2) is 6.71 Å². The fourth-order valence-electron chi connectivity index (χ4n) is 15.1. The Morgan fingerprint density at radius 1 is 0.459 bits per heavy atom. The Morgan fingerprint density at radius 2 is 0.851 bits per heavy atom. The molecule has 3 nitrogen and oxygen atoms in total. The van der Waals surface area contributed by atoms with Gasteiger partial charge in [0, 0.05) is 34.0 Å². The topological polar surface area (TPSA) is 19.6 Å². The average Bonchev–Trinajstić information content (AvgIpc) is 3.61. The summed E-state index contributed by atoms with van der Waals surface area (Å²) in [4.78, 5) is 5.50. The first kappa shape index (κ1) is 51.7. The molecule has 4 aromatic carbocycles. The maximum atomic E-state index is 7.87. The number of furan rings is 1. The predicted octanol–water partition coefficient (Wildman–Crippen LogP) is 18.3. The van der Waals surface area contributed by atoms with E-state index in [9.17, 15) is 0 Å². The molecule has 5 aromatic rings. The highest BCUT2D eigenvalue weighted by Gasteiger charge is 2.51. The maximum absolute atomic E-state index is 7.87. The quantitative estimate of drug-likeness (QED) is 0.165. The third-order valence-corrected chi connectivity index (χ3v) is 21.1. The first-order chi connectivity index (χ1) is 34.0. The summed E-state index contributed by atoms with van der Waals surface area (Å²) in [7, 11) is 0. The van der Waals surface area contributed by atoms with E-state index in [0.717, 1.165) is 17.8 Å². The zero-order chi connectivity index (χ0) is 53.8. The average molecular weight is 989 g/mol. The Kier molecular flexibility index (Phi) is 11.1. The first-order valence-corrected chi connectivity index (χ1v) is 29.1. The molecule has 1 fully saturated rings. The monoisotopic (exact) mass is 989 g/mol. The molecule has 2 aliphatic heterocycles. The molecule has 0 atom stereocenters. The van der Waals surface area contributed by atoms with Gasteiger partial charge in [-0.2, -0.15) is 0 Å². The van der Waals surface area contributed by atoms with E-state index in [4.69, 9.17) is 4.42 Å². The minimum absolute atomic E-state index is 0.0274. The molecule has 0 bridgehead atoms. The number of hydrogen-bond acceptors (Lipinski definition) is 3. The van der Waals surface area contributed by atoms with Gasteiger partial charge in [-0.3, -0.25) is 0 Å². The minimum Gasteiger partial charge on any atom is -0.468 e. The van der Waals surface area contributed by atoms with Gasteiger partial charge in [-0.15, -0.1) is 0 Å². The third kappa shape index (κ3) is 7.75. The number of hydrogen-bond donors (Lipinski definition) is 0. The van der Waals surface area contributed by atoms with Crippen molar-refractivity contribution < 1.29 is 4.42 Å². The fourth-order valence-corrected chi connectivity index (χ4v) is 15.1. The summed E-state index contributed by atoms with van der Waals surface area (Å²) in [5.74, 6) is 1.03. The van der Waals surface area contributed by atoms with Crippen LogP contribution in [0.4, 0.5) is 34.1 Å². The van der Waals surface area contributed by atoms with E-state index >= 15 is 0 Å². The van der Waals surface area contributed by atoms with Crippen LogP contribution in [0.1, 0.15) is 251 Å². The second-order valence-corrected chi connectivity index (χ2v) is 31.6. The van der Waals surface area contributed by atoms with Gasteiger partial charge in [-0.25, -0.2) is 0 Å². The van der Waals surface area contributed by atoms with Gasteiger partial charge in [0.15, 0.2) is 0 Å². The molecule has 1 aromatic heterocycles. The highest BCUT2D eigenvalue weighted by atomic mass is 16.3. The highest BCUT2D eigenvalue weighted by molar-refractivity contribution is 6.99. The van der Waals surface area contributed by atoms with Gasteiger partial charge in [-0.05, 0) is 225 Å². The van der Waals surface area contributed by atoms with E-state index in [1.54, 1.807) is 0 Å². The van der Waals surface area contributed by atoms with E-state index in [1.807, 2.05) is 0 Å². The smallest absolute Gasteiger partial charge is 0.297 e. The molecule has 0 spiro atoms. The number of anilines is 6. The van der Waals surface area contributed by atoms with Gasteiger partial charge >= 0.3 is 0 Å². The zero-order valence-corrected chi connectivity index (χ0v) is 50.4. The molecule has 0 unspecified atom stereocenters.